The van der Waals surface area contributed by atoms with Crippen molar-refractivity contribution in [2.75, 3.05) is 13.2 Å². The average molecular weight is 304 g/mol. The number of hydrogen-bond donors (Lipinski definition) is 1. The Hall–Kier alpha value is -0.860. The predicted molar refractivity (Wildman–Crippen MR) is 66.7 cm³/mol. The topological polar surface area (TPSA) is 63.6 Å². The van der Waals surface area contributed by atoms with E-state index in [1.165, 1.54) is 13.0 Å². The first-order valence-electron chi connectivity index (χ1n) is 5.33. The lowest BCUT2D eigenvalue weighted by atomic mass is 10.2. The largest absolute Gasteiger partial charge is 0.523 e. The first-order chi connectivity index (χ1) is 8.51. The number of aliphatic hydroxyl groups is 1. The molecule has 0 aliphatic carbocycles. The summed E-state index contributed by atoms with van der Waals surface area (Å²) in [5, 5.41) is 8.26. The van der Waals surface area contributed by atoms with Crippen molar-refractivity contribution < 1.29 is 30.9 Å². The van der Waals surface area contributed by atoms with Crippen molar-refractivity contribution in [1.29, 1.82) is 0 Å². The molecular formula is C11H19F3O4S. The molecule has 0 amide bonds. The van der Waals surface area contributed by atoms with Crippen LogP contribution in [0.25, 0.3) is 0 Å². The van der Waals surface area contributed by atoms with Crippen LogP contribution in [0.4, 0.5) is 13.2 Å². The molecule has 1 N–H and O–H groups in total. The highest BCUT2D eigenvalue weighted by Crippen LogP contribution is 2.24. The van der Waals surface area contributed by atoms with E-state index in [9.17, 15) is 21.6 Å². The Labute approximate surface area is 111 Å². The average Bonchev–Trinajstić information content (AvgIpc) is 2.34. The summed E-state index contributed by atoms with van der Waals surface area (Å²) >= 11 is 0. The zero-order chi connectivity index (χ0) is 15.7. The second-order valence-electron chi connectivity index (χ2n) is 3.79. The van der Waals surface area contributed by atoms with Crippen molar-refractivity contribution in [3.8, 4) is 0 Å². The van der Waals surface area contributed by atoms with Gasteiger partial charge in [0.25, 0.3) is 0 Å². The number of hydrogen-bond acceptors (Lipinski definition) is 4. The fourth-order valence-electron chi connectivity index (χ4n) is 0.406. The third-order valence-electron chi connectivity index (χ3n) is 1.86. The van der Waals surface area contributed by atoms with Gasteiger partial charge in [0.1, 0.15) is 0 Å². The van der Waals surface area contributed by atoms with Crippen LogP contribution in [0.15, 0.2) is 25.3 Å². The van der Waals surface area contributed by atoms with Gasteiger partial charge in [-0.2, -0.15) is 21.6 Å². The Kier molecular flexibility index (Phi) is 9.81. The summed E-state index contributed by atoms with van der Waals surface area (Å²) in [5.41, 5.74) is -5.35. The summed E-state index contributed by atoms with van der Waals surface area (Å²) in [7, 11) is -5.45. The lowest BCUT2D eigenvalue weighted by molar-refractivity contribution is -0.0546. The molecule has 8 heteroatoms. The summed E-state index contributed by atoms with van der Waals surface area (Å²) in [4.78, 5) is 0. The molecule has 0 spiro atoms. The molecule has 0 saturated carbocycles. The highest BCUT2D eigenvalue weighted by atomic mass is 32.2. The summed E-state index contributed by atoms with van der Waals surface area (Å²) < 4.78 is 59.3. The predicted octanol–water partition coefficient (Wildman–Crippen LogP) is 2.48. The smallest absolute Gasteiger partial charge is 0.396 e. The Morgan fingerprint density at radius 2 is 1.63 bits per heavy atom. The van der Waals surface area contributed by atoms with Crippen molar-refractivity contribution in [2.45, 2.75) is 19.4 Å². The van der Waals surface area contributed by atoms with Crippen molar-refractivity contribution in [3.05, 3.63) is 25.3 Å². The van der Waals surface area contributed by atoms with E-state index in [1.807, 2.05) is 6.92 Å². The number of alkyl halides is 3. The highest BCUT2D eigenvalue weighted by molar-refractivity contribution is 7.87. The van der Waals surface area contributed by atoms with Crippen LogP contribution >= 0.6 is 0 Å². The summed E-state index contributed by atoms with van der Waals surface area (Å²) in [5.74, 6) is -0.192. The van der Waals surface area contributed by atoms with Crippen LogP contribution < -0.4 is 0 Å². The minimum Gasteiger partial charge on any atom is -0.396 e. The Morgan fingerprint density at radius 3 is 1.84 bits per heavy atom. The normalized spacial score (nSPS) is 14.8. The summed E-state index contributed by atoms with van der Waals surface area (Å²) in [6.07, 6.45) is 3.02. The maximum absolute atomic E-state index is 11.6. The molecule has 0 saturated heterocycles. The van der Waals surface area contributed by atoms with Crippen LogP contribution in [0.2, 0.25) is 0 Å². The molecule has 0 fully saturated rings. The van der Waals surface area contributed by atoms with E-state index in [0.717, 1.165) is 0 Å². The minimum atomic E-state index is -5.45. The molecule has 2 unspecified atom stereocenters. The van der Waals surface area contributed by atoms with Gasteiger partial charge in [0.2, 0.25) is 0 Å². The quantitative estimate of drug-likeness (QED) is 0.465. The van der Waals surface area contributed by atoms with Gasteiger partial charge in [0.05, 0.1) is 6.61 Å². The van der Waals surface area contributed by atoms with Crippen LogP contribution in [-0.4, -0.2) is 32.2 Å². The van der Waals surface area contributed by atoms with E-state index in [4.69, 9.17) is 5.11 Å². The molecule has 0 bridgehead atoms. The summed E-state index contributed by atoms with van der Waals surface area (Å²) in [6, 6.07) is 0. The molecule has 114 valence electrons. The van der Waals surface area contributed by atoms with Crippen LogP contribution in [-0.2, 0) is 14.3 Å². The van der Waals surface area contributed by atoms with Gasteiger partial charge in [0.15, 0.2) is 0 Å². The molecule has 0 heterocycles. The molecule has 0 aromatic rings. The second kappa shape index (κ2) is 9.11. The molecule has 19 heavy (non-hydrogen) atoms. The van der Waals surface area contributed by atoms with Crippen LogP contribution in [0.5, 0.6) is 0 Å². The maximum Gasteiger partial charge on any atom is 0.523 e. The minimum absolute atomic E-state index is 0.212. The molecule has 0 aromatic carbocycles. The van der Waals surface area contributed by atoms with Crippen molar-refractivity contribution in [3.63, 3.8) is 0 Å². The Balaban J connectivity index is 0. The van der Waals surface area contributed by atoms with Gasteiger partial charge in [0, 0.05) is 6.61 Å². The van der Waals surface area contributed by atoms with E-state index in [2.05, 4.69) is 17.3 Å². The van der Waals surface area contributed by atoms with Crippen LogP contribution in [0.1, 0.15) is 13.8 Å². The SMILES string of the molecule is C=CC(C)CO.C=CC(C)COS(=O)(=O)C(F)(F)F. The Morgan fingerprint density at radius 1 is 1.21 bits per heavy atom. The summed E-state index contributed by atoms with van der Waals surface area (Å²) in [6.45, 7) is 9.80. The molecule has 0 aromatic heterocycles. The van der Waals surface area contributed by atoms with E-state index in [1.54, 1.807) is 6.08 Å². The monoisotopic (exact) mass is 304 g/mol. The van der Waals surface area contributed by atoms with Gasteiger partial charge >= 0.3 is 15.6 Å². The molecule has 0 radical (unpaired) electrons. The zero-order valence-electron chi connectivity index (χ0n) is 10.9. The fraction of sp³-hybridized carbons (Fsp3) is 0.636. The van der Waals surface area contributed by atoms with Crippen LogP contribution in [0.3, 0.4) is 0 Å². The van der Waals surface area contributed by atoms with E-state index >= 15 is 0 Å². The van der Waals surface area contributed by atoms with E-state index in [0.29, 0.717) is 0 Å². The third kappa shape index (κ3) is 9.69. The Bertz CT molecular complexity index is 363. The van der Waals surface area contributed by atoms with Crippen molar-refractivity contribution in [1.82, 2.24) is 0 Å². The fourth-order valence-corrected chi connectivity index (χ4v) is 0.934. The molecular weight excluding hydrogens is 285 g/mol. The first-order valence-corrected chi connectivity index (χ1v) is 6.74. The molecule has 4 nitrogen and oxygen atoms in total. The molecule has 0 aliphatic rings. The number of halogens is 3. The van der Waals surface area contributed by atoms with Gasteiger partial charge in [-0.25, -0.2) is 0 Å². The third-order valence-corrected chi connectivity index (χ3v) is 2.88. The van der Waals surface area contributed by atoms with Gasteiger partial charge < -0.3 is 5.11 Å². The highest BCUT2D eigenvalue weighted by Gasteiger charge is 2.47. The van der Waals surface area contributed by atoms with E-state index < -0.39 is 28.2 Å². The molecule has 2 atom stereocenters. The maximum atomic E-state index is 11.6. The van der Waals surface area contributed by atoms with Crippen molar-refractivity contribution in [2.24, 2.45) is 11.8 Å². The van der Waals surface area contributed by atoms with E-state index in [-0.39, 0.29) is 12.5 Å². The van der Waals surface area contributed by atoms with Gasteiger partial charge in [-0.05, 0) is 11.8 Å². The lowest BCUT2D eigenvalue weighted by Gasteiger charge is -2.09. The first kappa shape index (κ1) is 20.5. The van der Waals surface area contributed by atoms with Crippen molar-refractivity contribution >= 4 is 10.1 Å². The standard InChI is InChI=1S/C6H9F3O3S.C5H10O/c1-3-5(2)4-12-13(10,11)6(7,8)9;1-3-5(2)4-6/h3,5H,1,4H2,2H3;3,5-6H,1,4H2,2H3. The molecule has 0 rings (SSSR count). The number of aliphatic hydroxyl groups excluding tert-OH is 1. The van der Waals surface area contributed by atoms with Crippen LogP contribution in [0, 0.1) is 11.8 Å². The van der Waals surface area contributed by atoms with Gasteiger partial charge in [-0.1, -0.05) is 26.0 Å². The number of rotatable bonds is 6. The zero-order valence-corrected chi connectivity index (χ0v) is 11.7. The van der Waals surface area contributed by atoms with Gasteiger partial charge in [-0.15, -0.1) is 13.2 Å². The van der Waals surface area contributed by atoms with Gasteiger partial charge in [-0.3, -0.25) is 4.18 Å². The second-order valence-corrected chi connectivity index (χ2v) is 5.40. The lowest BCUT2D eigenvalue weighted by Crippen LogP contribution is -2.26. The molecule has 0 aliphatic heterocycles.